The van der Waals surface area contributed by atoms with Crippen LogP contribution in [0.15, 0.2) is 48.6 Å². The number of fused-ring (bicyclic) bond motifs is 1. The summed E-state index contributed by atoms with van der Waals surface area (Å²) in [4.78, 5) is 11.7. The number of benzene rings is 1. The number of carbonyl (C=O) groups excluding carboxylic acids is 1. The third-order valence-corrected chi connectivity index (χ3v) is 3.53. The molecule has 0 aromatic heterocycles. The Balaban J connectivity index is 2.16. The van der Waals surface area contributed by atoms with E-state index in [1.54, 1.807) is 0 Å². The summed E-state index contributed by atoms with van der Waals surface area (Å²) in [5.74, 6) is 0.0493. The Morgan fingerprint density at radius 2 is 2.00 bits per heavy atom. The number of rotatable bonds is 3. The summed E-state index contributed by atoms with van der Waals surface area (Å²) < 4.78 is 5.44. The maximum atomic E-state index is 11.7. The monoisotopic (exact) mass is 270 g/mol. The highest BCUT2D eigenvalue weighted by atomic mass is 16.5. The second-order valence-corrected chi connectivity index (χ2v) is 5.48. The average molecular weight is 270 g/mol. The van der Waals surface area contributed by atoms with Gasteiger partial charge in [-0.2, -0.15) is 0 Å². The molecule has 0 amide bonds. The Labute approximate surface area is 121 Å². The molecular formula is C18H22O2. The Morgan fingerprint density at radius 1 is 1.25 bits per heavy atom. The molecule has 0 aliphatic heterocycles. The summed E-state index contributed by atoms with van der Waals surface area (Å²) in [5, 5.41) is 0. The van der Waals surface area contributed by atoms with Crippen LogP contribution in [0.25, 0.3) is 0 Å². The first-order valence-electron chi connectivity index (χ1n) is 7.24. The molecule has 2 heteroatoms. The number of ether oxygens (including phenoxy) is 1. The highest BCUT2D eigenvalue weighted by Crippen LogP contribution is 2.26. The van der Waals surface area contributed by atoms with Crippen molar-refractivity contribution >= 4 is 5.97 Å². The molecule has 0 fully saturated rings. The Bertz CT molecular complexity index is 512. The molecule has 106 valence electrons. The minimum absolute atomic E-state index is 0.0706. The first kappa shape index (κ1) is 14.6. The normalized spacial score (nSPS) is 21.2. The first-order valence-corrected chi connectivity index (χ1v) is 7.24. The summed E-state index contributed by atoms with van der Waals surface area (Å²) in [5.41, 5.74) is 2.61. The SMILES string of the molecule is CC(C)C(=O)OCC1C/C=C\C=C/Cc2ccccc21. The molecule has 0 radical (unpaired) electrons. The molecule has 1 aliphatic rings. The van der Waals surface area contributed by atoms with E-state index in [2.05, 4.69) is 48.6 Å². The van der Waals surface area contributed by atoms with Crippen molar-refractivity contribution in [2.75, 3.05) is 6.61 Å². The van der Waals surface area contributed by atoms with Crippen molar-refractivity contribution in [3.8, 4) is 0 Å². The molecule has 1 aliphatic carbocycles. The van der Waals surface area contributed by atoms with Crippen molar-refractivity contribution in [3.63, 3.8) is 0 Å². The van der Waals surface area contributed by atoms with Gasteiger partial charge in [-0.3, -0.25) is 4.79 Å². The molecular weight excluding hydrogens is 248 g/mol. The number of hydrogen-bond acceptors (Lipinski definition) is 2. The fourth-order valence-electron chi connectivity index (χ4n) is 2.35. The van der Waals surface area contributed by atoms with Crippen LogP contribution in [0.5, 0.6) is 0 Å². The lowest BCUT2D eigenvalue weighted by molar-refractivity contribution is -0.147. The average Bonchev–Trinajstić information content (AvgIpc) is 2.55. The van der Waals surface area contributed by atoms with E-state index in [1.165, 1.54) is 11.1 Å². The van der Waals surface area contributed by atoms with Gasteiger partial charge in [0.25, 0.3) is 0 Å². The summed E-state index contributed by atoms with van der Waals surface area (Å²) >= 11 is 0. The van der Waals surface area contributed by atoms with Gasteiger partial charge in [0, 0.05) is 5.92 Å². The van der Waals surface area contributed by atoms with E-state index >= 15 is 0 Å². The summed E-state index contributed by atoms with van der Waals surface area (Å²) in [6, 6.07) is 8.43. The van der Waals surface area contributed by atoms with E-state index in [4.69, 9.17) is 4.74 Å². The van der Waals surface area contributed by atoms with Crippen LogP contribution in [0.1, 0.15) is 37.3 Å². The molecule has 2 nitrogen and oxygen atoms in total. The standard InChI is InChI=1S/C18H22O2/c1-14(2)18(19)20-13-16-11-6-4-3-5-9-15-10-7-8-12-17(15)16/h3-8,10,12,14,16H,9,11,13H2,1-2H3/b5-3-,6-4-. The number of carbonyl (C=O) groups is 1. The predicted octanol–water partition coefficient (Wildman–Crippen LogP) is 4.03. The van der Waals surface area contributed by atoms with Crippen molar-refractivity contribution in [1.82, 2.24) is 0 Å². The third-order valence-electron chi connectivity index (χ3n) is 3.53. The molecule has 1 unspecified atom stereocenters. The molecule has 0 saturated carbocycles. The molecule has 0 spiro atoms. The fourth-order valence-corrected chi connectivity index (χ4v) is 2.35. The molecule has 20 heavy (non-hydrogen) atoms. The maximum absolute atomic E-state index is 11.7. The van der Waals surface area contributed by atoms with Crippen LogP contribution < -0.4 is 0 Å². The van der Waals surface area contributed by atoms with E-state index in [0.717, 1.165) is 12.8 Å². The maximum Gasteiger partial charge on any atom is 0.308 e. The van der Waals surface area contributed by atoms with E-state index < -0.39 is 0 Å². The quantitative estimate of drug-likeness (QED) is 0.775. The van der Waals surface area contributed by atoms with Gasteiger partial charge in [0.1, 0.15) is 0 Å². The Kier molecular flexibility index (Phi) is 5.16. The Morgan fingerprint density at radius 3 is 2.80 bits per heavy atom. The lowest BCUT2D eigenvalue weighted by Crippen LogP contribution is -2.17. The van der Waals surface area contributed by atoms with Crippen LogP contribution in [0, 0.1) is 5.92 Å². The van der Waals surface area contributed by atoms with Crippen molar-refractivity contribution < 1.29 is 9.53 Å². The zero-order valence-electron chi connectivity index (χ0n) is 12.2. The second kappa shape index (κ2) is 7.09. The highest BCUT2D eigenvalue weighted by Gasteiger charge is 2.17. The fraction of sp³-hybridized carbons (Fsp3) is 0.389. The highest BCUT2D eigenvalue weighted by molar-refractivity contribution is 5.71. The predicted molar refractivity (Wildman–Crippen MR) is 81.6 cm³/mol. The van der Waals surface area contributed by atoms with Crippen LogP contribution in [-0.2, 0) is 16.0 Å². The van der Waals surface area contributed by atoms with Gasteiger partial charge in [-0.05, 0) is 24.0 Å². The zero-order valence-corrected chi connectivity index (χ0v) is 12.2. The van der Waals surface area contributed by atoms with Crippen molar-refractivity contribution in [1.29, 1.82) is 0 Å². The van der Waals surface area contributed by atoms with Gasteiger partial charge < -0.3 is 4.74 Å². The number of allylic oxidation sites excluding steroid dienone is 4. The van der Waals surface area contributed by atoms with Crippen LogP contribution >= 0.6 is 0 Å². The van der Waals surface area contributed by atoms with Crippen molar-refractivity contribution in [2.45, 2.75) is 32.6 Å². The molecule has 1 aromatic carbocycles. The van der Waals surface area contributed by atoms with Crippen LogP contribution in [0.4, 0.5) is 0 Å². The lowest BCUT2D eigenvalue weighted by Gasteiger charge is -2.19. The molecule has 0 saturated heterocycles. The number of hydrogen-bond donors (Lipinski definition) is 0. The van der Waals surface area contributed by atoms with Gasteiger partial charge in [0.05, 0.1) is 12.5 Å². The minimum Gasteiger partial charge on any atom is -0.465 e. The summed E-state index contributed by atoms with van der Waals surface area (Å²) in [6.07, 6.45) is 10.3. The van der Waals surface area contributed by atoms with Crippen LogP contribution in [0.2, 0.25) is 0 Å². The van der Waals surface area contributed by atoms with Gasteiger partial charge in [0.2, 0.25) is 0 Å². The number of esters is 1. The third kappa shape index (κ3) is 3.83. The first-order chi connectivity index (χ1) is 9.68. The van der Waals surface area contributed by atoms with Gasteiger partial charge >= 0.3 is 5.97 Å². The minimum atomic E-state index is -0.121. The van der Waals surface area contributed by atoms with E-state index in [0.29, 0.717) is 6.61 Å². The van der Waals surface area contributed by atoms with Crippen molar-refractivity contribution in [3.05, 3.63) is 59.7 Å². The van der Waals surface area contributed by atoms with Crippen LogP contribution in [-0.4, -0.2) is 12.6 Å². The smallest absolute Gasteiger partial charge is 0.308 e. The van der Waals surface area contributed by atoms with Gasteiger partial charge in [0.15, 0.2) is 0 Å². The second-order valence-electron chi connectivity index (χ2n) is 5.48. The zero-order chi connectivity index (χ0) is 14.4. The summed E-state index contributed by atoms with van der Waals surface area (Å²) in [7, 11) is 0. The van der Waals surface area contributed by atoms with Crippen LogP contribution in [0.3, 0.4) is 0 Å². The van der Waals surface area contributed by atoms with Gasteiger partial charge in [-0.25, -0.2) is 0 Å². The van der Waals surface area contributed by atoms with E-state index in [9.17, 15) is 4.79 Å². The van der Waals surface area contributed by atoms with E-state index in [1.807, 2.05) is 13.8 Å². The van der Waals surface area contributed by atoms with Gasteiger partial charge in [-0.15, -0.1) is 0 Å². The molecule has 1 atom stereocenters. The largest absolute Gasteiger partial charge is 0.465 e. The Hall–Kier alpha value is -1.83. The molecule has 0 heterocycles. The topological polar surface area (TPSA) is 26.3 Å². The molecule has 0 N–H and O–H groups in total. The van der Waals surface area contributed by atoms with Crippen molar-refractivity contribution in [2.24, 2.45) is 5.92 Å². The molecule has 2 rings (SSSR count). The summed E-state index contributed by atoms with van der Waals surface area (Å²) in [6.45, 7) is 4.19. The lowest BCUT2D eigenvalue weighted by atomic mass is 9.91. The molecule has 1 aromatic rings. The van der Waals surface area contributed by atoms with Gasteiger partial charge in [-0.1, -0.05) is 62.4 Å². The molecule has 0 bridgehead atoms. The van der Waals surface area contributed by atoms with E-state index in [-0.39, 0.29) is 17.8 Å².